The van der Waals surface area contributed by atoms with Crippen molar-refractivity contribution in [3.8, 4) is 22.4 Å². The van der Waals surface area contributed by atoms with Crippen LogP contribution in [-0.4, -0.2) is 21.4 Å². The lowest BCUT2D eigenvalue weighted by atomic mass is 9.95. The second kappa shape index (κ2) is 8.16. The van der Waals surface area contributed by atoms with Gasteiger partial charge in [-0.15, -0.1) is 0 Å². The molecule has 0 spiro atoms. The third-order valence-electron chi connectivity index (χ3n) is 4.35. The molecule has 1 N–H and O–H groups in total. The minimum absolute atomic E-state index is 0.0919. The molecule has 0 aliphatic carbocycles. The van der Waals surface area contributed by atoms with Crippen LogP contribution in [-0.2, 0) is 15.6 Å². The van der Waals surface area contributed by atoms with Gasteiger partial charge in [-0.3, -0.25) is 14.0 Å². The lowest BCUT2D eigenvalue weighted by molar-refractivity contribution is -0.114. The van der Waals surface area contributed by atoms with Gasteiger partial charge in [0, 0.05) is 36.1 Å². The van der Waals surface area contributed by atoms with Gasteiger partial charge >= 0.3 is 0 Å². The summed E-state index contributed by atoms with van der Waals surface area (Å²) in [6.07, 6.45) is 2.50. The van der Waals surface area contributed by atoms with Crippen LogP contribution in [0.4, 0.5) is 18.9 Å². The fourth-order valence-electron chi connectivity index (χ4n) is 3.10. The van der Waals surface area contributed by atoms with E-state index in [0.29, 0.717) is 11.3 Å². The molecule has 29 heavy (non-hydrogen) atoms. The number of aryl methyl sites for hydroxylation is 1. The van der Waals surface area contributed by atoms with Crippen LogP contribution in [0.2, 0.25) is 0 Å². The quantitative estimate of drug-likeness (QED) is 0.617. The van der Waals surface area contributed by atoms with Gasteiger partial charge in [0.2, 0.25) is 5.91 Å². The van der Waals surface area contributed by atoms with E-state index in [2.05, 4.69) is 10.3 Å². The van der Waals surface area contributed by atoms with Crippen molar-refractivity contribution in [2.75, 3.05) is 11.6 Å². The highest BCUT2D eigenvalue weighted by Gasteiger charge is 2.30. The number of hydrogen-bond acceptors (Lipinski definition) is 3. The van der Waals surface area contributed by atoms with Gasteiger partial charge in [-0.1, -0.05) is 30.3 Å². The zero-order chi connectivity index (χ0) is 21.3. The number of carbonyl (C=O) groups excluding carboxylic acids is 1. The van der Waals surface area contributed by atoms with E-state index >= 15 is 8.78 Å². The van der Waals surface area contributed by atoms with Crippen LogP contribution in [0.15, 0.2) is 47.5 Å². The van der Waals surface area contributed by atoms with Crippen molar-refractivity contribution in [2.45, 2.75) is 18.7 Å². The number of nitrogens with zero attached hydrogens (tertiary/aromatic N) is 1. The first-order chi connectivity index (χ1) is 13.7. The topological polar surface area (TPSA) is 59.1 Å². The zero-order valence-electron chi connectivity index (χ0n) is 15.8. The Balaban J connectivity index is 2.43. The van der Waals surface area contributed by atoms with Crippen molar-refractivity contribution < 1.29 is 22.2 Å². The largest absolute Gasteiger partial charge is 0.323 e. The molecule has 1 atom stereocenters. The summed E-state index contributed by atoms with van der Waals surface area (Å²) in [6, 6.07) is 10.1. The summed E-state index contributed by atoms with van der Waals surface area (Å²) in [5.41, 5.74) is 0.774. The standard InChI is InChI=1S/C21H17F3N2O2S/c1-11-7-4-5-8-13(11)19-14(9-6-10-25-19)15-16(22)17(23)21(29(3)28)18(24)20(15)26-12(2)27/h4-10H,1-3H3,(H,26,27). The van der Waals surface area contributed by atoms with E-state index in [1.807, 2.05) is 19.1 Å². The second-order valence-electron chi connectivity index (χ2n) is 6.37. The molecular formula is C21H17F3N2O2S. The van der Waals surface area contributed by atoms with Crippen molar-refractivity contribution in [3.05, 3.63) is 65.6 Å². The molecule has 0 fully saturated rings. The van der Waals surface area contributed by atoms with Gasteiger partial charge in [0.05, 0.1) is 22.2 Å². The first-order valence-electron chi connectivity index (χ1n) is 8.56. The molecule has 4 nitrogen and oxygen atoms in total. The molecule has 0 aliphatic heterocycles. The molecule has 150 valence electrons. The Labute approximate surface area is 168 Å². The van der Waals surface area contributed by atoms with E-state index in [1.165, 1.54) is 18.3 Å². The van der Waals surface area contributed by atoms with Gasteiger partial charge in [0.15, 0.2) is 17.5 Å². The number of amides is 1. The summed E-state index contributed by atoms with van der Waals surface area (Å²) in [6.45, 7) is 2.93. The first kappa shape index (κ1) is 20.7. The van der Waals surface area contributed by atoms with Gasteiger partial charge in [0.25, 0.3) is 0 Å². The Hall–Kier alpha value is -3.00. The minimum Gasteiger partial charge on any atom is -0.323 e. The number of anilines is 1. The molecule has 3 aromatic rings. The summed E-state index contributed by atoms with van der Waals surface area (Å²) in [5, 5.41) is 2.21. The van der Waals surface area contributed by atoms with E-state index in [4.69, 9.17) is 0 Å². The average molecular weight is 418 g/mol. The molecule has 0 aliphatic rings. The van der Waals surface area contributed by atoms with Gasteiger partial charge in [0.1, 0.15) is 4.90 Å². The molecule has 0 saturated carbocycles. The molecular weight excluding hydrogens is 401 g/mol. The maximum atomic E-state index is 15.1. The summed E-state index contributed by atoms with van der Waals surface area (Å²) < 4.78 is 56.6. The highest BCUT2D eigenvalue weighted by Crippen LogP contribution is 2.41. The van der Waals surface area contributed by atoms with Crippen LogP contribution in [0, 0.1) is 24.4 Å². The summed E-state index contributed by atoms with van der Waals surface area (Å²) >= 11 is 0. The molecule has 1 heterocycles. The molecule has 1 unspecified atom stereocenters. The van der Waals surface area contributed by atoms with Crippen molar-refractivity contribution in [2.24, 2.45) is 0 Å². The molecule has 1 aromatic heterocycles. The molecule has 1 amide bonds. The van der Waals surface area contributed by atoms with Crippen LogP contribution >= 0.6 is 0 Å². The fourth-order valence-corrected chi connectivity index (χ4v) is 3.79. The van der Waals surface area contributed by atoms with Crippen molar-refractivity contribution in [3.63, 3.8) is 0 Å². The highest BCUT2D eigenvalue weighted by atomic mass is 32.2. The van der Waals surface area contributed by atoms with Crippen LogP contribution in [0.5, 0.6) is 0 Å². The van der Waals surface area contributed by atoms with Crippen molar-refractivity contribution in [1.82, 2.24) is 4.98 Å². The number of aromatic nitrogens is 1. The molecule has 3 rings (SSSR count). The number of rotatable bonds is 4. The Morgan fingerprint density at radius 2 is 1.66 bits per heavy atom. The Bertz CT molecular complexity index is 1150. The second-order valence-corrected chi connectivity index (χ2v) is 7.69. The number of carbonyl (C=O) groups is 1. The molecule has 0 saturated heterocycles. The Morgan fingerprint density at radius 1 is 1.00 bits per heavy atom. The van der Waals surface area contributed by atoms with Gasteiger partial charge in [-0.25, -0.2) is 13.2 Å². The number of nitrogens with one attached hydrogen (secondary N) is 1. The Morgan fingerprint density at radius 3 is 2.28 bits per heavy atom. The minimum atomic E-state index is -2.15. The fraction of sp³-hybridized carbons (Fsp3) is 0.143. The van der Waals surface area contributed by atoms with Crippen molar-refractivity contribution >= 4 is 22.4 Å². The van der Waals surface area contributed by atoms with Gasteiger partial charge in [-0.2, -0.15) is 0 Å². The zero-order valence-corrected chi connectivity index (χ0v) is 16.7. The summed E-state index contributed by atoms with van der Waals surface area (Å²) in [4.78, 5) is 15.0. The third kappa shape index (κ3) is 3.80. The van der Waals surface area contributed by atoms with E-state index in [0.717, 1.165) is 18.7 Å². The normalized spacial score (nSPS) is 11.9. The highest BCUT2D eigenvalue weighted by molar-refractivity contribution is 7.84. The van der Waals surface area contributed by atoms with Crippen molar-refractivity contribution in [1.29, 1.82) is 0 Å². The van der Waals surface area contributed by atoms with E-state index < -0.39 is 50.3 Å². The molecule has 8 heteroatoms. The van der Waals surface area contributed by atoms with Crippen LogP contribution in [0.3, 0.4) is 0 Å². The number of pyridine rings is 1. The lowest BCUT2D eigenvalue weighted by Crippen LogP contribution is -2.14. The number of halogens is 3. The number of hydrogen-bond donors (Lipinski definition) is 1. The molecule has 0 bridgehead atoms. The molecule has 0 radical (unpaired) electrons. The Kier molecular flexibility index (Phi) is 5.83. The first-order valence-corrected chi connectivity index (χ1v) is 10.1. The molecule has 2 aromatic carbocycles. The van der Waals surface area contributed by atoms with Gasteiger partial charge < -0.3 is 5.32 Å². The van der Waals surface area contributed by atoms with E-state index in [1.54, 1.807) is 12.1 Å². The third-order valence-corrected chi connectivity index (χ3v) is 5.28. The van der Waals surface area contributed by atoms with E-state index in [9.17, 15) is 13.4 Å². The SMILES string of the molecule is CC(=O)Nc1c(F)c(S(C)=O)c(F)c(F)c1-c1cccnc1-c1ccccc1C. The lowest BCUT2D eigenvalue weighted by Gasteiger charge is -2.18. The maximum Gasteiger partial charge on any atom is 0.221 e. The smallest absolute Gasteiger partial charge is 0.221 e. The summed E-state index contributed by atoms with van der Waals surface area (Å²) in [5.74, 6) is -4.95. The predicted molar refractivity (Wildman–Crippen MR) is 106 cm³/mol. The van der Waals surface area contributed by atoms with Crippen LogP contribution in [0.25, 0.3) is 22.4 Å². The maximum absolute atomic E-state index is 15.1. The summed E-state index contributed by atoms with van der Waals surface area (Å²) in [7, 11) is -2.15. The van der Waals surface area contributed by atoms with Gasteiger partial charge in [-0.05, 0) is 18.6 Å². The predicted octanol–water partition coefficient (Wildman–Crippen LogP) is 4.84. The van der Waals surface area contributed by atoms with Crippen LogP contribution < -0.4 is 5.32 Å². The van der Waals surface area contributed by atoms with E-state index in [-0.39, 0.29) is 5.56 Å². The van der Waals surface area contributed by atoms with Crippen LogP contribution in [0.1, 0.15) is 12.5 Å². The monoisotopic (exact) mass is 418 g/mol. The number of benzene rings is 2. The average Bonchev–Trinajstić information content (AvgIpc) is 2.66.